The summed E-state index contributed by atoms with van der Waals surface area (Å²) >= 11 is 0. The number of azo groups is 1. The molecular formula is C29H45N3O4. The summed E-state index contributed by atoms with van der Waals surface area (Å²) in [5.74, 6) is 0.501. The summed E-state index contributed by atoms with van der Waals surface area (Å²) in [5.41, 5.74) is 0.431. The van der Waals surface area contributed by atoms with Crippen LogP contribution in [0.3, 0.4) is 0 Å². The van der Waals surface area contributed by atoms with E-state index in [4.69, 9.17) is 4.74 Å². The fraction of sp³-hybridized carbons (Fsp3) is 0.655. The Hall–Kier alpha value is -2.70. The molecule has 0 aliphatic heterocycles. The molecular weight excluding hydrogens is 454 g/mol. The first-order valence-corrected chi connectivity index (χ1v) is 13.6. The molecule has 1 aliphatic carbocycles. The number of unbranched alkanes of at least 4 members (excludes halogenated alkanes) is 1. The number of hydrogen-bond acceptors (Lipinski definition) is 6. The van der Waals surface area contributed by atoms with Crippen molar-refractivity contribution in [3.63, 3.8) is 0 Å². The van der Waals surface area contributed by atoms with E-state index in [9.17, 15) is 14.7 Å². The van der Waals surface area contributed by atoms with E-state index in [1.54, 1.807) is 24.3 Å². The van der Waals surface area contributed by atoms with Crippen LogP contribution in [0.4, 0.5) is 5.69 Å². The molecule has 0 bridgehead atoms. The van der Waals surface area contributed by atoms with Crippen molar-refractivity contribution in [1.82, 2.24) is 5.32 Å². The molecule has 1 aliphatic rings. The van der Waals surface area contributed by atoms with Crippen LogP contribution >= 0.6 is 0 Å². The highest BCUT2D eigenvalue weighted by atomic mass is 16.5. The Morgan fingerprint density at radius 2 is 1.92 bits per heavy atom. The molecule has 0 heterocycles. The third-order valence-electron chi connectivity index (χ3n) is 7.25. The normalized spacial score (nSPS) is 21.8. The van der Waals surface area contributed by atoms with Crippen LogP contribution in [0.1, 0.15) is 96.8 Å². The molecule has 1 fully saturated rings. The van der Waals surface area contributed by atoms with Gasteiger partial charge in [0.2, 0.25) is 0 Å². The van der Waals surface area contributed by atoms with Crippen LogP contribution < -0.4 is 5.32 Å². The molecule has 1 aromatic rings. The molecule has 0 aromatic heterocycles. The van der Waals surface area contributed by atoms with E-state index >= 15 is 0 Å². The highest BCUT2D eigenvalue weighted by Crippen LogP contribution is 2.36. The second-order valence-electron chi connectivity index (χ2n) is 10.5. The molecule has 7 nitrogen and oxygen atoms in total. The predicted octanol–water partition coefficient (Wildman–Crippen LogP) is 7.51. The van der Waals surface area contributed by atoms with Crippen LogP contribution in [0.5, 0.6) is 0 Å². The Bertz CT molecular complexity index is 921. The summed E-state index contributed by atoms with van der Waals surface area (Å²) < 4.78 is 5.99. The van der Waals surface area contributed by atoms with Gasteiger partial charge in [-0.1, -0.05) is 72.4 Å². The van der Waals surface area contributed by atoms with E-state index in [2.05, 4.69) is 50.2 Å². The van der Waals surface area contributed by atoms with E-state index < -0.39 is 11.9 Å². The van der Waals surface area contributed by atoms with Crippen LogP contribution in [0.15, 0.2) is 46.0 Å². The van der Waals surface area contributed by atoms with E-state index in [-0.39, 0.29) is 17.6 Å². The maximum absolute atomic E-state index is 13.2. The van der Waals surface area contributed by atoms with Crippen molar-refractivity contribution in [2.45, 2.75) is 92.6 Å². The summed E-state index contributed by atoms with van der Waals surface area (Å²) in [6, 6.07) is 6.81. The van der Waals surface area contributed by atoms with Gasteiger partial charge in [0.05, 0.1) is 5.56 Å². The number of amides is 1. The summed E-state index contributed by atoms with van der Waals surface area (Å²) in [5, 5.41) is 21.2. The third kappa shape index (κ3) is 8.75. The Kier molecular flexibility index (Phi) is 12.1. The van der Waals surface area contributed by atoms with Crippen LogP contribution in [-0.2, 0) is 9.53 Å². The molecule has 36 heavy (non-hydrogen) atoms. The first kappa shape index (κ1) is 29.5. The van der Waals surface area contributed by atoms with Gasteiger partial charge >= 0.3 is 5.97 Å². The van der Waals surface area contributed by atoms with Gasteiger partial charge in [-0.3, -0.25) is 4.79 Å². The van der Waals surface area contributed by atoms with Crippen molar-refractivity contribution < 1.29 is 19.4 Å². The van der Waals surface area contributed by atoms with Crippen LogP contribution in [0.2, 0.25) is 0 Å². The van der Waals surface area contributed by atoms with Gasteiger partial charge in [0.15, 0.2) is 5.70 Å². The molecule has 1 aromatic carbocycles. The van der Waals surface area contributed by atoms with E-state index in [1.807, 2.05) is 0 Å². The number of benzene rings is 1. The topological polar surface area (TPSA) is 100 Å². The minimum atomic E-state index is -0.482. The number of nitrogens with zero attached hydrogens (tertiary/aromatic N) is 2. The van der Waals surface area contributed by atoms with Crippen LogP contribution in [0.25, 0.3) is 0 Å². The maximum Gasteiger partial charge on any atom is 0.340 e. The highest BCUT2D eigenvalue weighted by Gasteiger charge is 2.34. The summed E-state index contributed by atoms with van der Waals surface area (Å²) in [6.07, 6.45) is 7.15. The second kappa shape index (κ2) is 14.8. The minimum Gasteiger partial charge on any atom is -0.510 e. The Balaban J connectivity index is 2.15. The molecule has 200 valence electrons. The summed E-state index contributed by atoms with van der Waals surface area (Å²) in [6.45, 7) is 12.7. The lowest BCUT2D eigenvalue weighted by molar-refractivity contribution is -0.118. The van der Waals surface area contributed by atoms with E-state index in [1.165, 1.54) is 6.92 Å². The second-order valence-corrected chi connectivity index (χ2v) is 10.5. The molecule has 0 spiro atoms. The van der Waals surface area contributed by atoms with E-state index in [0.29, 0.717) is 41.5 Å². The first-order valence-electron chi connectivity index (χ1n) is 13.6. The van der Waals surface area contributed by atoms with Gasteiger partial charge in [0.25, 0.3) is 5.91 Å². The average Bonchev–Trinajstić information content (AvgIpc) is 2.84. The lowest BCUT2D eigenvalue weighted by atomic mass is 9.75. The molecule has 0 saturated heterocycles. The zero-order valence-corrected chi connectivity index (χ0v) is 22.9. The number of allylic oxidation sites excluding steroid dienone is 1. The lowest BCUT2D eigenvalue weighted by Gasteiger charge is -2.36. The number of ether oxygens (including phenoxy) is 1. The number of aliphatic hydroxyl groups excluding tert-OH is 1. The number of rotatable bonds is 12. The zero-order valence-electron chi connectivity index (χ0n) is 22.9. The highest BCUT2D eigenvalue weighted by molar-refractivity contribution is 5.95. The number of esters is 1. The first-order chi connectivity index (χ1) is 17.2. The van der Waals surface area contributed by atoms with Crippen molar-refractivity contribution in [2.75, 3.05) is 6.54 Å². The smallest absolute Gasteiger partial charge is 0.340 e. The number of hydrogen-bond donors (Lipinski definition) is 2. The SMILES string of the molecule is CCCCC(CC)CNC(=O)C(N=Nc1ccccc1C(=O)OC1CC(C)CCC1C(C)C)=C(C)O. The molecule has 2 N–H and O–H groups in total. The molecule has 4 atom stereocenters. The number of carbonyl (C=O) groups is 2. The number of carbonyl (C=O) groups excluding carboxylic acids is 2. The van der Waals surface area contributed by atoms with Crippen molar-refractivity contribution >= 4 is 17.6 Å². The van der Waals surface area contributed by atoms with Gasteiger partial charge in [0, 0.05) is 6.54 Å². The molecule has 4 unspecified atom stereocenters. The van der Waals surface area contributed by atoms with Gasteiger partial charge < -0.3 is 15.2 Å². The Morgan fingerprint density at radius 3 is 2.56 bits per heavy atom. The maximum atomic E-state index is 13.2. The predicted molar refractivity (Wildman–Crippen MR) is 143 cm³/mol. The Labute approximate surface area is 216 Å². The van der Waals surface area contributed by atoms with E-state index in [0.717, 1.165) is 44.9 Å². The average molecular weight is 500 g/mol. The standard InChI is InChI=1S/C29H45N3O4/c1-7-9-12-22(8-2)18-30-28(34)27(21(6)33)32-31-25-14-11-10-13-24(25)29(35)36-26-17-20(5)15-16-23(26)19(3)4/h10-11,13-14,19-20,22-23,26,33H,7-9,12,15-18H2,1-6H3,(H,30,34). The number of nitrogens with one attached hydrogen (secondary N) is 1. The summed E-state index contributed by atoms with van der Waals surface area (Å²) in [4.78, 5) is 25.9. The van der Waals surface area contributed by atoms with Gasteiger partial charge in [-0.2, -0.15) is 0 Å². The molecule has 7 heteroatoms. The van der Waals surface area contributed by atoms with Gasteiger partial charge in [-0.25, -0.2) is 4.79 Å². The fourth-order valence-electron chi connectivity index (χ4n) is 4.83. The van der Waals surface area contributed by atoms with Crippen LogP contribution in [-0.4, -0.2) is 29.6 Å². The molecule has 1 amide bonds. The van der Waals surface area contributed by atoms with Crippen molar-refractivity contribution in [2.24, 2.45) is 33.9 Å². The lowest BCUT2D eigenvalue weighted by Crippen LogP contribution is -2.35. The van der Waals surface area contributed by atoms with Gasteiger partial charge in [-0.05, 0) is 62.0 Å². The molecule has 0 radical (unpaired) electrons. The molecule has 1 saturated carbocycles. The number of aliphatic hydroxyl groups is 1. The summed E-state index contributed by atoms with van der Waals surface area (Å²) in [7, 11) is 0. The fourth-order valence-corrected chi connectivity index (χ4v) is 4.83. The van der Waals surface area contributed by atoms with Crippen LogP contribution in [0, 0.1) is 23.7 Å². The van der Waals surface area contributed by atoms with Crippen molar-refractivity contribution in [3.8, 4) is 0 Å². The van der Waals surface area contributed by atoms with Crippen molar-refractivity contribution in [3.05, 3.63) is 41.3 Å². The minimum absolute atomic E-state index is 0.133. The largest absolute Gasteiger partial charge is 0.510 e. The van der Waals surface area contributed by atoms with Gasteiger partial charge in [0.1, 0.15) is 17.6 Å². The Morgan fingerprint density at radius 1 is 1.19 bits per heavy atom. The zero-order chi connectivity index (χ0) is 26.7. The quantitative estimate of drug-likeness (QED) is 0.134. The molecule has 2 rings (SSSR count). The third-order valence-corrected chi connectivity index (χ3v) is 7.25. The monoisotopic (exact) mass is 499 g/mol. The van der Waals surface area contributed by atoms with Gasteiger partial charge in [-0.15, -0.1) is 10.2 Å². The van der Waals surface area contributed by atoms with Crippen molar-refractivity contribution in [1.29, 1.82) is 0 Å².